The fraction of sp³-hybridized carbons (Fsp3) is 0.0345. The van der Waals surface area contributed by atoms with Crippen LogP contribution in [0.1, 0.15) is 5.56 Å². The van der Waals surface area contributed by atoms with Crippen molar-refractivity contribution >= 4 is 0 Å². The minimum Gasteiger partial charge on any atom is -0.264 e. The number of benzene rings is 3. The molecule has 2 heteroatoms. The Bertz CT molecular complexity index is 1210. The van der Waals surface area contributed by atoms with Gasteiger partial charge in [0.15, 0.2) is 6.54 Å². The summed E-state index contributed by atoms with van der Waals surface area (Å²) in [6, 6.07) is 40.5. The van der Waals surface area contributed by atoms with Gasteiger partial charge in [-0.3, -0.25) is 4.98 Å². The zero-order valence-electron chi connectivity index (χ0n) is 17.2. The van der Waals surface area contributed by atoms with Gasteiger partial charge < -0.3 is 0 Å². The van der Waals surface area contributed by atoms with E-state index < -0.39 is 0 Å². The van der Waals surface area contributed by atoms with Crippen LogP contribution in [-0.4, -0.2) is 4.98 Å². The Balaban J connectivity index is 1.79. The van der Waals surface area contributed by atoms with Crippen LogP contribution in [0.25, 0.3) is 33.6 Å². The Morgan fingerprint density at radius 3 is 1.68 bits per heavy atom. The van der Waals surface area contributed by atoms with Crippen LogP contribution < -0.4 is 4.57 Å². The largest absolute Gasteiger partial charge is 0.264 e. The van der Waals surface area contributed by atoms with Gasteiger partial charge in [-0.15, -0.1) is 0 Å². The molecule has 0 unspecified atom stereocenters. The smallest absolute Gasteiger partial charge is 0.215 e. The molecule has 2 heterocycles. The Morgan fingerprint density at radius 2 is 1.06 bits per heavy atom. The topological polar surface area (TPSA) is 16.8 Å². The van der Waals surface area contributed by atoms with Crippen LogP contribution in [0.4, 0.5) is 0 Å². The summed E-state index contributed by atoms with van der Waals surface area (Å²) in [5, 5.41) is 0. The first-order valence-electron chi connectivity index (χ1n) is 10.5. The van der Waals surface area contributed by atoms with Crippen molar-refractivity contribution in [3.8, 4) is 33.6 Å². The molecule has 5 aromatic rings. The number of hydrogen-bond donors (Lipinski definition) is 0. The second kappa shape index (κ2) is 8.76. The number of pyridine rings is 2. The van der Waals surface area contributed by atoms with Gasteiger partial charge in [-0.25, -0.2) is 0 Å². The van der Waals surface area contributed by atoms with Crippen molar-refractivity contribution in [3.63, 3.8) is 0 Å². The van der Waals surface area contributed by atoms with E-state index in [1.807, 2.05) is 18.5 Å². The molecule has 0 amide bonds. The predicted molar refractivity (Wildman–Crippen MR) is 126 cm³/mol. The number of hydrogen-bond acceptors (Lipinski definition) is 1. The average molecular weight is 400 g/mol. The molecule has 3 aromatic carbocycles. The van der Waals surface area contributed by atoms with E-state index in [-0.39, 0.29) is 0 Å². The van der Waals surface area contributed by atoms with E-state index in [0.29, 0.717) is 0 Å². The molecule has 0 N–H and O–H groups in total. The third kappa shape index (κ3) is 4.15. The van der Waals surface area contributed by atoms with Gasteiger partial charge in [0.2, 0.25) is 11.4 Å². The minimum absolute atomic E-state index is 0.782. The third-order valence-electron chi connectivity index (χ3n) is 5.48. The standard InChI is InChI=1S/C29H23N2/c1-4-11-23(12-5-1)22-31-28(25-15-8-3-9-16-25)19-27(24-13-6-2-7-14-24)20-29(31)26-17-10-18-30-21-26/h1-21H,22H2/q+1. The van der Waals surface area contributed by atoms with Crippen LogP contribution in [0.5, 0.6) is 0 Å². The molecule has 0 radical (unpaired) electrons. The van der Waals surface area contributed by atoms with Crippen molar-refractivity contribution in [1.29, 1.82) is 0 Å². The number of aromatic nitrogens is 2. The zero-order valence-corrected chi connectivity index (χ0v) is 17.2. The molecule has 0 fully saturated rings. The molecular formula is C29H23N2+. The Labute approximate surface area is 183 Å². The zero-order chi connectivity index (χ0) is 20.9. The van der Waals surface area contributed by atoms with E-state index in [4.69, 9.17) is 0 Å². The van der Waals surface area contributed by atoms with Crippen LogP contribution in [-0.2, 0) is 6.54 Å². The van der Waals surface area contributed by atoms with Crippen LogP contribution in [0.15, 0.2) is 128 Å². The molecule has 0 aliphatic rings. The Hall–Kier alpha value is -4.04. The van der Waals surface area contributed by atoms with E-state index in [1.54, 1.807) is 0 Å². The molecule has 0 spiro atoms. The van der Waals surface area contributed by atoms with Crippen molar-refractivity contribution < 1.29 is 4.57 Å². The van der Waals surface area contributed by atoms with Crippen LogP contribution in [0.3, 0.4) is 0 Å². The third-order valence-corrected chi connectivity index (χ3v) is 5.48. The molecule has 148 valence electrons. The lowest BCUT2D eigenvalue weighted by atomic mass is 9.99. The van der Waals surface area contributed by atoms with Gasteiger partial charge in [0.05, 0.1) is 5.56 Å². The maximum atomic E-state index is 4.40. The number of nitrogens with zero attached hydrogens (tertiary/aromatic N) is 2. The lowest BCUT2D eigenvalue weighted by molar-refractivity contribution is -0.666. The minimum atomic E-state index is 0.782. The molecule has 31 heavy (non-hydrogen) atoms. The van der Waals surface area contributed by atoms with Gasteiger partial charge in [-0.1, -0.05) is 78.9 Å². The van der Waals surface area contributed by atoms with Gasteiger partial charge in [0.25, 0.3) is 0 Å². The van der Waals surface area contributed by atoms with E-state index >= 15 is 0 Å². The fourth-order valence-electron chi connectivity index (χ4n) is 3.96. The first-order chi connectivity index (χ1) is 15.4. The Kier molecular flexibility index (Phi) is 5.36. The van der Waals surface area contributed by atoms with Crippen molar-refractivity contribution in [2.75, 3.05) is 0 Å². The van der Waals surface area contributed by atoms with Crippen molar-refractivity contribution in [2.45, 2.75) is 6.54 Å². The molecule has 0 saturated heterocycles. The van der Waals surface area contributed by atoms with E-state index in [9.17, 15) is 0 Å². The average Bonchev–Trinajstić information content (AvgIpc) is 2.86. The van der Waals surface area contributed by atoms with Crippen LogP contribution in [0.2, 0.25) is 0 Å². The molecule has 2 aromatic heterocycles. The van der Waals surface area contributed by atoms with E-state index in [1.165, 1.54) is 27.9 Å². The van der Waals surface area contributed by atoms with Gasteiger partial charge in [-0.2, -0.15) is 4.57 Å². The summed E-state index contributed by atoms with van der Waals surface area (Å²) in [7, 11) is 0. The molecule has 5 rings (SSSR count). The molecule has 0 saturated carbocycles. The highest BCUT2D eigenvalue weighted by molar-refractivity contribution is 5.73. The summed E-state index contributed by atoms with van der Waals surface area (Å²) in [4.78, 5) is 4.40. The molecule has 0 aliphatic carbocycles. The first-order valence-corrected chi connectivity index (χ1v) is 10.5. The number of rotatable bonds is 5. The van der Waals surface area contributed by atoms with Gasteiger partial charge in [0.1, 0.15) is 0 Å². The summed E-state index contributed by atoms with van der Waals surface area (Å²) >= 11 is 0. The van der Waals surface area contributed by atoms with E-state index in [2.05, 4.69) is 119 Å². The summed E-state index contributed by atoms with van der Waals surface area (Å²) in [6.45, 7) is 0.782. The highest BCUT2D eigenvalue weighted by Gasteiger charge is 2.23. The van der Waals surface area contributed by atoms with Crippen molar-refractivity contribution in [3.05, 3.63) is 133 Å². The highest BCUT2D eigenvalue weighted by Crippen LogP contribution is 2.29. The lowest BCUT2D eigenvalue weighted by Gasteiger charge is -2.13. The Morgan fingerprint density at radius 1 is 0.516 bits per heavy atom. The summed E-state index contributed by atoms with van der Waals surface area (Å²) in [5.74, 6) is 0. The van der Waals surface area contributed by atoms with Gasteiger partial charge in [0, 0.05) is 35.7 Å². The maximum absolute atomic E-state index is 4.40. The van der Waals surface area contributed by atoms with Crippen LogP contribution in [0, 0.1) is 0 Å². The lowest BCUT2D eigenvalue weighted by Crippen LogP contribution is -2.39. The monoisotopic (exact) mass is 399 g/mol. The molecule has 0 aliphatic heterocycles. The van der Waals surface area contributed by atoms with Crippen molar-refractivity contribution in [2.24, 2.45) is 0 Å². The first kappa shape index (κ1) is 19.0. The van der Waals surface area contributed by atoms with Crippen LogP contribution >= 0.6 is 0 Å². The quantitative estimate of drug-likeness (QED) is 0.312. The summed E-state index contributed by atoms with van der Waals surface area (Å²) in [6.07, 6.45) is 3.77. The van der Waals surface area contributed by atoms with Gasteiger partial charge in [-0.05, 0) is 35.4 Å². The van der Waals surface area contributed by atoms with Crippen molar-refractivity contribution in [1.82, 2.24) is 4.98 Å². The summed E-state index contributed by atoms with van der Waals surface area (Å²) in [5.41, 5.74) is 8.30. The predicted octanol–water partition coefficient (Wildman–Crippen LogP) is 6.42. The molecule has 0 bridgehead atoms. The van der Waals surface area contributed by atoms with E-state index in [0.717, 1.165) is 17.8 Å². The summed E-state index contributed by atoms with van der Waals surface area (Å²) < 4.78 is 2.40. The molecule has 0 atom stereocenters. The second-order valence-corrected chi connectivity index (χ2v) is 7.56. The maximum Gasteiger partial charge on any atom is 0.215 e. The molecule has 2 nitrogen and oxygen atoms in total. The molecular weight excluding hydrogens is 376 g/mol. The highest BCUT2D eigenvalue weighted by atomic mass is 15.0. The fourth-order valence-corrected chi connectivity index (χ4v) is 3.96. The normalized spacial score (nSPS) is 10.7. The second-order valence-electron chi connectivity index (χ2n) is 7.56. The SMILES string of the molecule is c1ccc(C[n+]2c(-c3ccccc3)cc(-c3ccccc3)cc2-c2cccnc2)cc1. The van der Waals surface area contributed by atoms with Gasteiger partial charge >= 0.3 is 0 Å².